The molecule has 0 N–H and O–H groups in total. The summed E-state index contributed by atoms with van der Waals surface area (Å²) in [6.45, 7) is 7.79. The first kappa shape index (κ1) is 14.6. The molecular weight excluding hydrogens is 235 g/mol. The van der Waals surface area contributed by atoms with Gasteiger partial charge in [-0.3, -0.25) is 15.0 Å². The molecule has 0 aliphatic carbocycles. The molecular formula is C13H19FN2O2. The second-order valence-electron chi connectivity index (χ2n) is 4.61. The Labute approximate surface area is 107 Å². The molecule has 0 bridgehead atoms. The molecule has 0 heterocycles. The minimum Gasteiger partial charge on any atom is -0.297 e. The minimum absolute atomic E-state index is 0.364. The van der Waals surface area contributed by atoms with E-state index in [0.29, 0.717) is 12.6 Å². The van der Waals surface area contributed by atoms with Gasteiger partial charge in [0.2, 0.25) is 5.82 Å². The topological polar surface area (TPSA) is 46.4 Å². The predicted octanol–water partition coefficient (Wildman–Crippen LogP) is 3.35. The maximum absolute atomic E-state index is 13.5. The molecule has 5 heteroatoms. The lowest BCUT2D eigenvalue weighted by atomic mass is 10.1. The smallest absolute Gasteiger partial charge is 0.297 e. The van der Waals surface area contributed by atoms with Crippen molar-refractivity contribution in [1.29, 1.82) is 0 Å². The van der Waals surface area contributed by atoms with Crippen molar-refractivity contribution in [2.45, 2.75) is 39.8 Å². The molecule has 18 heavy (non-hydrogen) atoms. The average Bonchev–Trinajstić information content (AvgIpc) is 2.27. The summed E-state index contributed by atoms with van der Waals surface area (Å²) in [4.78, 5) is 12.0. The SMILES string of the molecule is CCCN(Cc1ccc([N+](=O)[O-])c(F)c1)C(C)C. The van der Waals surface area contributed by atoms with Crippen LogP contribution in [0.25, 0.3) is 0 Å². The quantitative estimate of drug-likeness (QED) is 0.577. The van der Waals surface area contributed by atoms with Crippen LogP contribution in [0.4, 0.5) is 10.1 Å². The predicted molar refractivity (Wildman–Crippen MR) is 68.9 cm³/mol. The first-order valence-electron chi connectivity index (χ1n) is 6.12. The lowest BCUT2D eigenvalue weighted by molar-refractivity contribution is -0.387. The van der Waals surface area contributed by atoms with Crippen molar-refractivity contribution in [2.24, 2.45) is 0 Å². The molecule has 0 fully saturated rings. The maximum atomic E-state index is 13.5. The Morgan fingerprint density at radius 2 is 2.11 bits per heavy atom. The highest BCUT2D eigenvalue weighted by atomic mass is 19.1. The van der Waals surface area contributed by atoms with Crippen molar-refractivity contribution in [3.63, 3.8) is 0 Å². The van der Waals surface area contributed by atoms with Gasteiger partial charge in [0.15, 0.2) is 0 Å². The Hall–Kier alpha value is -1.49. The van der Waals surface area contributed by atoms with Crippen LogP contribution >= 0.6 is 0 Å². The number of hydrogen-bond donors (Lipinski definition) is 0. The highest BCUT2D eigenvalue weighted by Crippen LogP contribution is 2.19. The van der Waals surface area contributed by atoms with Crippen LogP contribution in [-0.4, -0.2) is 22.4 Å². The van der Waals surface area contributed by atoms with Crippen molar-refractivity contribution >= 4 is 5.69 Å². The van der Waals surface area contributed by atoms with Crippen molar-refractivity contribution in [1.82, 2.24) is 4.90 Å². The highest BCUT2D eigenvalue weighted by Gasteiger charge is 2.15. The Morgan fingerprint density at radius 1 is 1.44 bits per heavy atom. The normalized spacial score (nSPS) is 11.2. The first-order valence-corrected chi connectivity index (χ1v) is 6.12. The number of nitro benzene ring substituents is 1. The molecule has 0 atom stereocenters. The summed E-state index contributed by atoms with van der Waals surface area (Å²) in [6, 6.07) is 4.47. The van der Waals surface area contributed by atoms with Gasteiger partial charge in [-0.05, 0) is 38.4 Å². The van der Waals surface area contributed by atoms with Gasteiger partial charge in [-0.25, -0.2) is 0 Å². The molecule has 0 amide bonds. The monoisotopic (exact) mass is 254 g/mol. The van der Waals surface area contributed by atoms with Gasteiger partial charge in [0.25, 0.3) is 0 Å². The lowest BCUT2D eigenvalue weighted by Gasteiger charge is -2.25. The van der Waals surface area contributed by atoms with E-state index >= 15 is 0 Å². The molecule has 4 nitrogen and oxygen atoms in total. The van der Waals surface area contributed by atoms with Gasteiger partial charge >= 0.3 is 5.69 Å². The van der Waals surface area contributed by atoms with Crippen molar-refractivity contribution < 1.29 is 9.31 Å². The van der Waals surface area contributed by atoms with E-state index in [1.807, 2.05) is 0 Å². The lowest BCUT2D eigenvalue weighted by Crippen LogP contribution is -2.31. The summed E-state index contributed by atoms with van der Waals surface area (Å²) < 4.78 is 13.5. The van der Waals surface area contributed by atoms with E-state index in [9.17, 15) is 14.5 Å². The largest absolute Gasteiger partial charge is 0.304 e. The number of halogens is 1. The van der Waals surface area contributed by atoms with Crippen molar-refractivity contribution in [2.75, 3.05) is 6.54 Å². The summed E-state index contributed by atoms with van der Waals surface area (Å²) in [5.41, 5.74) is 0.297. The van der Waals surface area contributed by atoms with Crippen molar-refractivity contribution in [3.05, 3.63) is 39.7 Å². The van der Waals surface area contributed by atoms with Crippen LogP contribution in [0, 0.1) is 15.9 Å². The Balaban J connectivity index is 2.84. The van der Waals surface area contributed by atoms with Gasteiger partial charge in [0.05, 0.1) is 4.92 Å². The van der Waals surface area contributed by atoms with Gasteiger partial charge < -0.3 is 0 Å². The average molecular weight is 254 g/mol. The van der Waals surface area contributed by atoms with Gasteiger partial charge in [0.1, 0.15) is 0 Å². The standard InChI is InChI=1S/C13H19FN2O2/c1-4-7-15(10(2)3)9-11-5-6-13(16(17)18)12(14)8-11/h5-6,8,10H,4,7,9H2,1-3H3. The molecule has 0 radical (unpaired) electrons. The molecule has 100 valence electrons. The second-order valence-corrected chi connectivity index (χ2v) is 4.61. The number of rotatable bonds is 6. The van der Waals surface area contributed by atoms with E-state index in [1.54, 1.807) is 6.07 Å². The summed E-state index contributed by atoms with van der Waals surface area (Å²) in [7, 11) is 0. The van der Waals surface area contributed by atoms with Crippen LogP contribution in [0.1, 0.15) is 32.8 Å². The van der Waals surface area contributed by atoms with E-state index in [2.05, 4.69) is 25.7 Å². The fourth-order valence-corrected chi connectivity index (χ4v) is 1.84. The maximum Gasteiger partial charge on any atom is 0.304 e. The third-order valence-corrected chi connectivity index (χ3v) is 2.84. The van der Waals surface area contributed by atoms with Crippen LogP contribution in [0.2, 0.25) is 0 Å². The molecule has 0 aromatic heterocycles. The van der Waals surface area contributed by atoms with Gasteiger partial charge in [-0.15, -0.1) is 0 Å². The molecule has 0 unspecified atom stereocenters. The molecule has 0 saturated carbocycles. The summed E-state index contributed by atoms with van der Waals surface area (Å²) >= 11 is 0. The number of hydrogen-bond acceptors (Lipinski definition) is 3. The van der Waals surface area contributed by atoms with E-state index in [-0.39, 0.29) is 0 Å². The summed E-state index contributed by atoms with van der Waals surface area (Å²) in [6.07, 6.45) is 1.02. The van der Waals surface area contributed by atoms with Gasteiger partial charge in [0, 0.05) is 18.7 Å². The van der Waals surface area contributed by atoms with Gasteiger partial charge in [-0.1, -0.05) is 13.0 Å². The van der Waals surface area contributed by atoms with Crippen molar-refractivity contribution in [3.8, 4) is 0 Å². The van der Waals surface area contributed by atoms with Crippen LogP contribution in [-0.2, 0) is 6.54 Å². The summed E-state index contributed by atoms with van der Waals surface area (Å²) in [5.74, 6) is -0.766. The second kappa shape index (κ2) is 6.44. The van der Waals surface area contributed by atoms with E-state index < -0.39 is 16.4 Å². The zero-order chi connectivity index (χ0) is 13.7. The number of benzene rings is 1. The van der Waals surface area contributed by atoms with E-state index in [0.717, 1.165) is 18.5 Å². The van der Waals surface area contributed by atoms with E-state index in [1.165, 1.54) is 12.1 Å². The number of nitro groups is 1. The van der Waals surface area contributed by atoms with Crippen LogP contribution in [0.15, 0.2) is 18.2 Å². The Morgan fingerprint density at radius 3 is 2.56 bits per heavy atom. The fourth-order valence-electron chi connectivity index (χ4n) is 1.84. The fraction of sp³-hybridized carbons (Fsp3) is 0.538. The number of nitrogens with zero attached hydrogens (tertiary/aromatic N) is 2. The molecule has 1 rings (SSSR count). The summed E-state index contributed by atoms with van der Waals surface area (Å²) in [5, 5.41) is 10.5. The van der Waals surface area contributed by atoms with E-state index in [4.69, 9.17) is 0 Å². The Kier molecular flexibility index (Phi) is 5.22. The third-order valence-electron chi connectivity index (χ3n) is 2.84. The molecule has 0 saturated heterocycles. The third kappa shape index (κ3) is 3.77. The molecule has 1 aromatic carbocycles. The molecule has 0 aliphatic rings. The van der Waals surface area contributed by atoms with Crippen LogP contribution < -0.4 is 0 Å². The first-order chi connectivity index (χ1) is 8.45. The molecule has 0 spiro atoms. The van der Waals surface area contributed by atoms with Crippen LogP contribution in [0.3, 0.4) is 0 Å². The minimum atomic E-state index is -0.766. The molecule has 0 aliphatic heterocycles. The zero-order valence-electron chi connectivity index (χ0n) is 11.0. The van der Waals surface area contributed by atoms with Gasteiger partial charge in [-0.2, -0.15) is 4.39 Å². The molecule has 1 aromatic rings. The van der Waals surface area contributed by atoms with Crippen LogP contribution in [0.5, 0.6) is 0 Å². The highest BCUT2D eigenvalue weighted by molar-refractivity contribution is 5.34. The zero-order valence-corrected chi connectivity index (χ0v) is 11.0. The Bertz CT molecular complexity index is 421.